The predicted molar refractivity (Wildman–Crippen MR) is 66.0 cm³/mol. The maximum atomic E-state index is 11.5. The smallest absolute Gasteiger partial charge is 0.240 e. The molecule has 0 aliphatic heterocycles. The predicted octanol–water partition coefficient (Wildman–Crippen LogP) is 2.07. The standard InChI is InChI=1S/C11H15BrN2O/c1-3-14(11(15)7-13)9-4-5-10(12)8(2)6-9/h4-6H,3,7,13H2,1-2H3. The van der Waals surface area contributed by atoms with Crippen LogP contribution in [0.3, 0.4) is 0 Å². The van der Waals surface area contributed by atoms with Gasteiger partial charge in [0.25, 0.3) is 0 Å². The van der Waals surface area contributed by atoms with Crippen LogP contribution in [-0.4, -0.2) is 19.0 Å². The number of likely N-dealkylation sites (N-methyl/N-ethyl adjacent to an activating group) is 1. The van der Waals surface area contributed by atoms with Gasteiger partial charge in [-0.1, -0.05) is 15.9 Å². The molecule has 0 radical (unpaired) electrons. The number of aryl methyl sites for hydroxylation is 1. The molecule has 1 aromatic rings. The minimum atomic E-state index is -0.0563. The van der Waals surface area contributed by atoms with Gasteiger partial charge in [0.15, 0.2) is 0 Å². The summed E-state index contributed by atoms with van der Waals surface area (Å²) < 4.78 is 1.04. The van der Waals surface area contributed by atoms with Crippen molar-refractivity contribution in [3.63, 3.8) is 0 Å². The fraction of sp³-hybridized carbons (Fsp3) is 0.364. The van der Waals surface area contributed by atoms with E-state index in [1.807, 2.05) is 32.0 Å². The summed E-state index contributed by atoms with van der Waals surface area (Å²) in [6.45, 7) is 4.61. The molecule has 0 heterocycles. The van der Waals surface area contributed by atoms with Gasteiger partial charge in [0.1, 0.15) is 0 Å². The number of amides is 1. The Morgan fingerprint density at radius 1 is 1.53 bits per heavy atom. The molecule has 0 bridgehead atoms. The molecule has 3 nitrogen and oxygen atoms in total. The minimum absolute atomic E-state index is 0.0446. The maximum Gasteiger partial charge on any atom is 0.240 e. The van der Waals surface area contributed by atoms with Crippen LogP contribution in [0.5, 0.6) is 0 Å². The number of rotatable bonds is 3. The first-order valence-corrected chi connectivity index (χ1v) is 5.66. The van der Waals surface area contributed by atoms with E-state index < -0.39 is 0 Å². The van der Waals surface area contributed by atoms with E-state index in [9.17, 15) is 4.79 Å². The van der Waals surface area contributed by atoms with Gasteiger partial charge in [0.2, 0.25) is 5.91 Å². The second-order valence-corrected chi connectivity index (χ2v) is 4.13. The first kappa shape index (κ1) is 12.2. The summed E-state index contributed by atoms with van der Waals surface area (Å²) in [6.07, 6.45) is 0. The van der Waals surface area contributed by atoms with E-state index in [0.29, 0.717) is 6.54 Å². The number of benzene rings is 1. The Morgan fingerprint density at radius 2 is 2.20 bits per heavy atom. The summed E-state index contributed by atoms with van der Waals surface area (Å²) in [5.74, 6) is -0.0563. The lowest BCUT2D eigenvalue weighted by Gasteiger charge is -2.20. The lowest BCUT2D eigenvalue weighted by molar-refractivity contribution is -0.117. The Balaban J connectivity index is 3.02. The molecular weight excluding hydrogens is 256 g/mol. The van der Waals surface area contributed by atoms with E-state index in [0.717, 1.165) is 15.7 Å². The van der Waals surface area contributed by atoms with Crippen LogP contribution >= 0.6 is 15.9 Å². The molecule has 0 saturated carbocycles. The fourth-order valence-electron chi connectivity index (χ4n) is 1.41. The minimum Gasteiger partial charge on any atom is -0.322 e. The molecule has 1 rings (SSSR count). The average molecular weight is 271 g/mol. The van der Waals surface area contributed by atoms with Crippen LogP contribution in [-0.2, 0) is 4.79 Å². The Hall–Kier alpha value is -0.870. The van der Waals surface area contributed by atoms with E-state index in [2.05, 4.69) is 15.9 Å². The zero-order valence-corrected chi connectivity index (χ0v) is 10.5. The monoisotopic (exact) mass is 270 g/mol. The quantitative estimate of drug-likeness (QED) is 0.914. The van der Waals surface area contributed by atoms with Gasteiger partial charge in [-0.2, -0.15) is 0 Å². The summed E-state index contributed by atoms with van der Waals surface area (Å²) in [5, 5.41) is 0. The number of halogens is 1. The highest BCUT2D eigenvalue weighted by Gasteiger charge is 2.12. The molecule has 1 aromatic carbocycles. The van der Waals surface area contributed by atoms with Crippen molar-refractivity contribution in [1.82, 2.24) is 0 Å². The van der Waals surface area contributed by atoms with Crippen LogP contribution in [0.2, 0.25) is 0 Å². The first-order chi connectivity index (χ1) is 7.10. The van der Waals surface area contributed by atoms with Crippen LogP contribution in [0.4, 0.5) is 5.69 Å². The van der Waals surface area contributed by atoms with E-state index in [1.54, 1.807) is 4.90 Å². The summed E-state index contributed by atoms with van der Waals surface area (Å²) >= 11 is 3.43. The van der Waals surface area contributed by atoms with Crippen molar-refractivity contribution in [2.75, 3.05) is 18.0 Å². The number of hydrogen-bond acceptors (Lipinski definition) is 2. The van der Waals surface area contributed by atoms with Crippen molar-refractivity contribution in [3.05, 3.63) is 28.2 Å². The van der Waals surface area contributed by atoms with Crippen molar-refractivity contribution in [1.29, 1.82) is 0 Å². The Labute approximate surface area is 98.4 Å². The molecule has 4 heteroatoms. The van der Waals surface area contributed by atoms with Gasteiger partial charge >= 0.3 is 0 Å². The van der Waals surface area contributed by atoms with Crippen LogP contribution in [0, 0.1) is 6.92 Å². The highest BCUT2D eigenvalue weighted by molar-refractivity contribution is 9.10. The lowest BCUT2D eigenvalue weighted by atomic mass is 10.2. The number of anilines is 1. The van der Waals surface area contributed by atoms with E-state index in [-0.39, 0.29) is 12.5 Å². The molecule has 0 aliphatic carbocycles. The highest BCUT2D eigenvalue weighted by atomic mass is 79.9. The summed E-state index contributed by atoms with van der Waals surface area (Å²) in [5.41, 5.74) is 7.36. The Kier molecular flexibility index (Phi) is 4.29. The van der Waals surface area contributed by atoms with Crippen molar-refractivity contribution in [3.8, 4) is 0 Å². The molecule has 2 N–H and O–H groups in total. The van der Waals surface area contributed by atoms with Crippen molar-refractivity contribution in [2.24, 2.45) is 5.73 Å². The van der Waals surface area contributed by atoms with Gasteiger partial charge in [0, 0.05) is 16.7 Å². The third kappa shape index (κ3) is 2.79. The average Bonchev–Trinajstić information content (AvgIpc) is 2.24. The number of nitrogens with two attached hydrogens (primary N) is 1. The van der Waals surface area contributed by atoms with Gasteiger partial charge in [-0.25, -0.2) is 0 Å². The molecule has 0 unspecified atom stereocenters. The summed E-state index contributed by atoms with van der Waals surface area (Å²) in [4.78, 5) is 13.2. The van der Waals surface area contributed by atoms with Crippen molar-refractivity contribution >= 4 is 27.5 Å². The summed E-state index contributed by atoms with van der Waals surface area (Å²) in [6, 6.07) is 5.83. The van der Waals surface area contributed by atoms with Crippen LogP contribution in [0.1, 0.15) is 12.5 Å². The Bertz CT molecular complexity index is 366. The van der Waals surface area contributed by atoms with E-state index >= 15 is 0 Å². The van der Waals surface area contributed by atoms with Crippen molar-refractivity contribution in [2.45, 2.75) is 13.8 Å². The molecule has 0 saturated heterocycles. The lowest BCUT2D eigenvalue weighted by Crippen LogP contribution is -2.35. The molecule has 0 fully saturated rings. The van der Waals surface area contributed by atoms with Crippen molar-refractivity contribution < 1.29 is 4.79 Å². The van der Waals surface area contributed by atoms with Crippen LogP contribution in [0.25, 0.3) is 0 Å². The summed E-state index contributed by atoms with van der Waals surface area (Å²) in [7, 11) is 0. The zero-order valence-electron chi connectivity index (χ0n) is 8.96. The second kappa shape index (κ2) is 5.28. The van der Waals surface area contributed by atoms with Crippen LogP contribution < -0.4 is 10.6 Å². The molecule has 0 atom stereocenters. The van der Waals surface area contributed by atoms with E-state index in [1.165, 1.54) is 0 Å². The normalized spacial score (nSPS) is 10.1. The fourth-order valence-corrected chi connectivity index (χ4v) is 1.66. The largest absolute Gasteiger partial charge is 0.322 e. The molecule has 0 aliphatic rings. The van der Waals surface area contributed by atoms with Gasteiger partial charge < -0.3 is 10.6 Å². The van der Waals surface area contributed by atoms with Gasteiger partial charge in [0.05, 0.1) is 6.54 Å². The van der Waals surface area contributed by atoms with Crippen LogP contribution in [0.15, 0.2) is 22.7 Å². The maximum absolute atomic E-state index is 11.5. The number of nitrogens with zero attached hydrogens (tertiary/aromatic N) is 1. The molecule has 0 spiro atoms. The van der Waals surface area contributed by atoms with Gasteiger partial charge in [-0.3, -0.25) is 4.79 Å². The number of carbonyl (C=O) groups is 1. The highest BCUT2D eigenvalue weighted by Crippen LogP contribution is 2.22. The first-order valence-electron chi connectivity index (χ1n) is 4.86. The number of hydrogen-bond donors (Lipinski definition) is 1. The third-order valence-corrected chi connectivity index (χ3v) is 3.13. The Morgan fingerprint density at radius 3 is 2.67 bits per heavy atom. The molecule has 82 valence electrons. The third-order valence-electron chi connectivity index (χ3n) is 2.25. The number of carbonyl (C=O) groups excluding carboxylic acids is 1. The molecule has 15 heavy (non-hydrogen) atoms. The second-order valence-electron chi connectivity index (χ2n) is 3.28. The SMILES string of the molecule is CCN(C(=O)CN)c1ccc(Br)c(C)c1. The molecule has 0 aromatic heterocycles. The molecular formula is C11H15BrN2O. The zero-order chi connectivity index (χ0) is 11.4. The van der Waals surface area contributed by atoms with Gasteiger partial charge in [-0.15, -0.1) is 0 Å². The van der Waals surface area contributed by atoms with E-state index in [4.69, 9.17) is 5.73 Å². The molecule has 1 amide bonds. The van der Waals surface area contributed by atoms with Gasteiger partial charge in [-0.05, 0) is 37.6 Å². The topological polar surface area (TPSA) is 46.3 Å².